The van der Waals surface area contributed by atoms with E-state index in [2.05, 4.69) is 4.98 Å². The van der Waals surface area contributed by atoms with E-state index in [9.17, 15) is 9.59 Å². The maximum atomic E-state index is 13.6. The first-order valence-corrected chi connectivity index (χ1v) is 11.5. The molecule has 0 saturated heterocycles. The number of rotatable bonds is 9. The molecular weight excluding hydrogens is 484 g/mol. The van der Waals surface area contributed by atoms with Crippen molar-refractivity contribution in [2.75, 3.05) is 14.2 Å². The molecule has 4 aromatic rings. The molecule has 36 heavy (non-hydrogen) atoms. The van der Waals surface area contributed by atoms with Gasteiger partial charge in [0.25, 0.3) is 0 Å². The summed E-state index contributed by atoms with van der Waals surface area (Å²) in [7, 11) is 3.09. The first kappa shape index (κ1) is 25.1. The number of carboxylic acids is 1. The van der Waals surface area contributed by atoms with E-state index in [1.807, 2.05) is 11.5 Å². The molecule has 4 rings (SSSR count). The van der Waals surface area contributed by atoms with Crippen molar-refractivity contribution in [3.05, 3.63) is 82.1 Å². The van der Waals surface area contributed by atoms with Gasteiger partial charge in [0, 0.05) is 34.3 Å². The highest BCUT2D eigenvalue weighted by Crippen LogP contribution is 2.32. The summed E-state index contributed by atoms with van der Waals surface area (Å²) in [4.78, 5) is 29.2. The minimum atomic E-state index is -1.07. The van der Waals surface area contributed by atoms with Crippen molar-refractivity contribution in [2.24, 2.45) is 0 Å². The number of ketones is 1. The lowest BCUT2D eigenvalue weighted by molar-refractivity contribution is -0.144. The minimum absolute atomic E-state index is 0.148. The summed E-state index contributed by atoms with van der Waals surface area (Å²) in [6.07, 6.45) is 0.644. The number of nitrogens with zero attached hydrogens (tertiary/aromatic N) is 2. The summed E-state index contributed by atoms with van der Waals surface area (Å²) in [6, 6.07) is 13.7. The van der Waals surface area contributed by atoms with Crippen LogP contribution < -0.4 is 14.2 Å². The predicted octanol–water partition coefficient (Wildman–Crippen LogP) is 5.15. The molecule has 1 atom stereocenters. The molecule has 0 aliphatic heterocycles. The third-order valence-electron chi connectivity index (χ3n) is 5.98. The fourth-order valence-corrected chi connectivity index (χ4v) is 4.19. The third kappa shape index (κ3) is 4.85. The van der Waals surface area contributed by atoms with Gasteiger partial charge in [-0.2, -0.15) is 0 Å². The number of halogens is 1. The van der Waals surface area contributed by atoms with Gasteiger partial charge in [0.2, 0.25) is 5.88 Å². The second-order valence-electron chi connectivity index (χ2n) is 8.20. The predicted molar refractivity (Wildman–Crippen MR) is 136 cm³/mol. The molecule has 0 aliphatic carbocycles. The maximum absolute atomic E-state index is 13.6. The molecule has 9 heteroatoms. The molecule has 2 aromatic heterocycles. The lowest BCUT2D eigenvalue weighted by atomic mass is 10.0. The molecule has 0 unspecified atom stereocenters. The average Bonchev–Trinajstić information content (AvgIpc) is 3.15. The van der Waals surface area contributed by atoms with Gasteiger partial charge in [-0.05, 0) is 61.9 Å². The number of aliphatic carboxylic acids is 1. The summed E-state index contributed by atoms with van der Waals surface area (Å²) in [5.41, 5.74) is 3.20. The van der Waals surface area contributed by atoms with Gasteiger partial charge in [-0.1, -0.05) is 11.6 Å². The van der Waals surface area contributed by atoms with Crippen molar-refractivity contribution in [2.45, 2.75) is 26.5 Å². The molecule has 186 valence electrons. The molecule has 2 aromatic carbocycles. The van der Waals surface area contributed by atoms with Crippen LogP contribution in [0.25, 0.3) is 10.9 Å². The highest BCUT2D eigenvalue weighted by molar-refractivity contribution is 6.31. The molecule has 0 bridgehead atoms. The van der Waals surface area contributed by atoms with Crippen LogP contribution in [0.5, 0.6) is 17.4 Å². The Labute approximate surface area is 213 Å². The van der Waals surface area contributed by atoms with Crippen LogP contribution in [-0.2, 0) is 11.3 Å². The van der Waals surface area contributed by atoms with Crippen LogP contribution in [-0.4, -0.2) is 46.7 Å². The minimum Gasteiger partial charge on any atom is -0.497 e. The quantitative estimate of drug-likeness (QED) is 0.312. The zero-order chi connectivity index (χ0) is 26.0. The van der Waals surface area contributed by atoms with Gasteiger partial charge >= 0.3 is 5.97 Å². The Morgan fingerprint density at radius 2 is 1.75 bits per heavy atom. The number of fused-ring (bicyclic) bond motifs is 1. The van der Waals surface area contributed by atoms with E-state index in [-0.39, 0.29) is 5.78 Å². The van der Waals surface area contributed by atoms with E-state index in [1.54, 1.807) is 61.8 Å². The second kappa shape index (κ2) is 10.3. The van der Waals surface area contributed by atoms with Crippen LogP contribution in [0.15, 0.2) is 54.7 Å². The summed E-state index contributed by atoms with van der Waals surface area (Å²) in [5.74, 6) is 0.212. The second-order valence-corrected chi connectivity index (χ2v) is 8.61. The Hall–Kier alpha value is -4.04. The number of methoxy groups -OCH3 is 2. The van der Waals surface area contributed by atoms with Crippen LogP contribution in [0.3, 0.4) is 0 Å². The number of carboxylic acid groups (broad SMARTS) is 1. The van der Waals surface area contributed by atoms with Crippen molar-refractivity contribution in [3.63, 3.8) is 0 Å². The van der Waals surface area contributed by atoms with Gasteiger partial charge in [0.05, 0.1) is 31.5 Å². The zero-order valence-corrected chi connectivity index (χ0v) is 21.0. The Bertz CT molecular complexity index is 1450. The van der Waals surface area contributed by atoms with Gasteiger partial charge in [0.15, 0.2) is 11.9 Å². The van der Waals surface area contributed by atoms with Gasteiger partial charge < -0.3 is 23.9 Å². The highest BCUT2D eigenvalue weighted by atomic mass is 35.5. The van der Waals surface area contributed by atoms with E-state index < -0.39 is 12.1 Å². The molecule has 0 radical (unpaired) electrons. The van der Waals surface area contributed by atoms with Crippen LogP contribution in [0, 0.1) is 6.92 Å². The lowest BCUT2D eigenvalue weighted by Crippen LogP contribution is -2.22. The molecule has 0 amide bonds. The number of hydrogen-bond donors (Lipinski definition) is 1. The Balaban J connectivity index is 1.81. The van der Waals surface area contributed by atoms with E-state index in [4.69, 9.17) is 30.9 Å². The summed E-state index contributed by atoms with van der Waals surface area (Å²) < 4.78 is 18.0. The fourth-order valence-electron chi connectivity index (χ4n) is 4.01. The van der Waals surface area contributed by atoms with Crippen LogP contribution in [0.2, 0.25) is 5.02 Å². The molecule has 8 nitrogen and oxygen atoms in total. The van der Waals surface area contributed by atoms with Gasteiger partial charge in [-0.15, -0.1) is 0 Å². The fraction of sp³-hybridized carbons (Fsp3) is 0.222. The smallest absolute Gasteiger partial charge is 0.344 e. The Kier molecular flexibility index (Phi) is 7.17. The number of benzene rings is 2. The van der Waals surface area contributed by atoms with Crippen LogP contribution in [0.1, 0.15) is 34.1 Å². The van der Waals surface area contributed by atoms with Crippen molar-refractivity contribution >= 4 is 34.3 Å². The largest absolute Gasteiger partial charge is 0.497 e. The van der Waals surface area contributed by atoms with E-state index in [0.29, 0.717) is 51.0 Å². The number of hydrogen-bond acceptors (Lipinski definition) is 6. The first-order valence-electron chi connectivity index (χ1n) is 11.1. The van der Waals surface area contributed by atoms with Crippen molar-refractivity contribution < 1.29 is 28.9 Å². The first-order chi connectivity index (χ1) is 17.2. The highest BCUT2D eigenvalue weighted by Gasteiger charge is 2.23. The van der Waals surface area contributed by atoms with Crippen LogP contribution >= 0.6 is 11.6 Å². The number of carbonyl (C=O) groups is 2. The summed E-state index contributed by atoms with van der Waals surface area (Å²) >= 11 is 6.49. The van der Waals surface area contributed by atoms with Gasteiger partial charge in [-0.3, -0.25) is 4.79 Å². The van der Waals surface area contributed by atoms with E-state index in [1.165, 1.54) is 14.0 Å². The van der Waals surface area contributed by atoms with E-state index >= 15 is 0 Å². The molecule has 0 saturated carbocycles. The number of carbonyl (C=O) groups excluding carboxylic acids is 1. The zero-order valence-electron chi connectivity index (χ0n) is 20.2. The number of aromatic nitrogens is 2. The summed E-state index contributed by atoms with van der Waals surface area (Å²) in [6.45, 7) is 3.63. The maximum Gasteiger partial charge on any atom is 0.344 e. The van der Waals surface area contributed by atoms with E-state index in [0.717, 1.165) is 11.2 Å². The van der Waals surface area contributed by atoms with Gasteiger partial charge in [-0.25, -0.2) is 9.78 Å². The topological polar surface area (TPSA) is 99.9 Å². The SMILES string of the molecule is COc1ccc(C(=O)c2c(C)n(Cc3cc(O[C@H](C)C(=O)O)ccc3Cl)c3cnc(OC)cc23)cc1. The van der Waals surface area contributed by atoms with Crippen LogP contribution in [0.4, 0.5) is 0 Å². The normalized spacial score (nSPS) is 11.8. The molecular formula is C27H25ClN2O6. The van der Waals surface area contributed by atoms with Crippen molar-refractivity contribution in [3.8, 4) is 17.4 Å². The Morgan fingerprint density at radius 3 is 2.39 bits per heavy atom. The number of ether oxygens (including phenoxy) is 3. The number of pyridine rings is 1. The van der Waals surface area contributed by atoms with Crippen molar-refractivity contribution in [1.82, 2.24) is 9.55 Å². The average molecular weight is 509 g/mol. The summed E-state index contributed by atoms with van der Waals surface area (Å²) in [5, 5.41) is 10.3. The molecule has 0 aliphatic rings. The third-order valence-corrected chi connectivity index (χ3v) is 6.35. The monoisotopic (exact) mass is 508 g/mol. The standard InChI is InChI=1S/C27H25ClN2O6/c1-15-25(26(31)17-5-7-19(34-3)8-6-17)21-12-24(35-4)29-13-23(21)30(15)14-18-11-20(9-10-22(18)28)36-16(2)27(32)33/h5-13,16H,14H2,1-4H3,(H,32,33)/t16-/m1/s1. The Morgan fingerprint density at radius 1 is 1.06 bits per heavy atom. The van der Waals surface area contributed by atoms with Gasteiger partial charge in [0.1, 0.15) is 11.5 Å². The molecule has 0 spiro atoms. The van der Waals surface area contributed by atoms with Crippen molar-refractivity contribution in [1.29, 1.82) is 0 Å². The molecule has 2 heterocycles. The molecule has 0 fully saturated rings. The molecule has 1 N–H and O–H groups in total. The lowest BCUT2D eigenvalue weighted by Gasteiger charge is -2.14.